The van der Waals surface area contributed by atoms with Crippen LogP contribution in [0.1, 0.15) is 13.3 Å². The molecule has 0 unspecified atom stereocenters. The van der Waals surface area contributed by atoms with Gasteiger partial charge in [-0.25, -0.2) is 23.3 Å². The van der Waals surface area contributed by atoms with Crippen LogP contribution in [-0.2, 0) is 19.6 Å². The lowest BCUT2D eigenvalue weighted by Crippen LogP contribution is -2.19. The minimum absolute atomic E-state index is 0.0528. The molecular formula is C11H10N2O5S2. The molecule has 0 saturated carbocycles. The van der Waals surface area contributed by atoms with Gasteiger partial charge in [-0.1, -0.05) is 6.92 Å². The van der Waals surface area contributed by atoms with E-state index in [2.05, 4.69) is 4.98 Å². The second kappa shape index (κ2) is 5.27. The topological polar surface area (TPSA) is 116 Å². The number of nitrogens with two attached hydrogens (primary N) is 1. The summed E-state index contributed by atoms with van der Waals surface area (Å²) in [5.74, 6) is -1.45. The molecule has 1 heterocycles. The van der Waals surface area contributed by atoms with Crippen molar-refractivity contribution in [1.82, 2.24) is 4.98 Å². The van der Waals surface area contributed by atoms with Gasteiger partial charge in [-0.2, -0.15) is 0 Å². The molecule has 106 valence electrons. The number of carbonyl (C=O) groups is 2. The fourth-order valence-electron chi connectivity index (χ4n) is 1.38. The van der Waals surface area contributed by atoms with Crippen LogP contribution in [0.4, 0.5) is 0 Å². The third-order valence-corrected chi connectivity index (χ3v) is 4.68. The summed E-state index contributed by atoms with van der Waals surface area (Å²) >= 11 is 0.859. The third kappa shape index (κ3) is 3.00. The highest BCUT2D eigenvalue weighted by Gasteiger charge is 2.17. The molecule has 0 spiro atoms. The number of ketones is 1. The van der Waals surface area contributed by atoms with Crippen LogP contribution in [0.2, 0.25) is 0 Å². The molecule has 0 bridgehead atoms. The summed E-state index contributed by atoms with van der Waals surface area (Å²) < 4.78 is 27.5. The van der Waals surface area contributed by atoms with Crippen molar-refractivity contribution in [2.24, 2.45) is 5.14 Å². The van der Waals surface area contributed by atoms with Gasteiger partial charge in [0, 0.05) is 12.5 Å². The number of benzene rings is 1. The van der Waals surface area contributed by atoms with Crippen LogP contribution < -0.4 is 9.88 Å². The predicted molar refractivity (Wildman–Crippen MR) is 71.9 cm³/mol. The summed E-state index contributed by atoms with van der Waals surface area (Å²) in [7, 11) is -3.87. The Morgan fingerprint density at radius 3 is 2.70 bits per heavy atom. The number of fused-ring (bicyclic) bond motifs is 1. The summed E-state index contributed by atoms with van der Waals surface area (Å²) in [6.45, 7) is 1.55. The molecule has 20 heavy (non-hydrogen) atoms. The van der Waals surface area contributed by atoms with Crippen molar-refractivity contribution in [3.05, 3.63) is 18.2 Å². The fourth-order valence-corrected chi connectivity index (χ4v) is 3.06. The summed E-state index contributed by atoms with van der Waals surface area (Å²) in [5.41, 5.74) is 0.417. The molecule has 0 radical (unpaired) electrons. The van der Waals surface area contributed by atoms with Crippen molar-refractivity contribution in [3.8, 4) is 5.75 Å². The molecule has 1 aromatic heterocycles. The first-order valence-corrected chi connectivity index (χ1v) is 7.86. The zero-order valence-electron chi connectivity index (χ0n) is 10.3. The number of hydrogen-bond donors (Lipinski definition) is 1. The van der Waals surface area contributed by atoms with Gasteiger partial charge in [-0.3, -0.25) is 4.79 Å². The van der Waals surface area contributed by atoms with Gasteiger partial charge < -0.3 is 4.74 Å². The van der Waals surface area contributed by atoms with Gasteiger partial charge in [-0.05, 0) is 12.1 Å². The first-order chi connectivity index (χ1) is 9.31. The summed E-state index contributed by atoms with van der Waals surface area (Å²) in [4.78, 5) is 26.3. The number of sulfonamides is 1. The number of ether oxygens (including phenoxy) is 1. The molecular weight excluding hydrogens is 304 g/mol. The van der Waals surface area contributed by atoms with Crippen molar-refractivity contribution in [2.45, 2.75) is 17.7 Å². The Labute approximate surface area is 118 Å². The maximum absolute atomic E-state index is 11.3. The van der Waals surface area contributed by atoms with Gasteiger partial charge in [-0.15, -0.1) is 11.3 Å². The van der Waals surface area contributed by atoms with Crippen LogP contribution in [0.15, 0.2) is 22.5 Å². The van der Waals surface area contributed by atoms with Crippen LogP contribution in [0.25, 0.3) is 10.2 Å². The number of Topliss-reactive ketones (excluding diaryl/α,β-unsaturated/α-hetero) is 1. The number of thiazole rings is 1. The number of carbonyl (C=O) groups excluding carboxylic acids is 2. The molecule has 9 heteroatoms. The number of aromatic nitrogens is 1. The number of hydrogen-bond acceptors (Lipinski definition) is 7. The Kier molecular flexibility index (Phi) is 3.84. The number of rotatable bonds is 4. The molecule has 2 rings (SSSR count). The van der Waals surface area contributed by atoms with E-state index in [9.17, 15) is 18.0 Å². The van der Waals surface area contributed by atoms with E-state index in [1.165, 1.54) is 18.2 Å². The van der Waals surface area contributed by atoms with E-state index < -0.39 is 21.8 Å². The monoisotopic (exact) mass is 314 g/mol. The molecule has 0 aliphatic carbocycles. The Morgan fingerprint density at radius 2 is 2.10 bits per heavy atom. The number of esters is 1. The molecule has 1 aromatic carbocycles. The molecule has 0 aliphatic rings. The quantitative estimate of drug-likeness (QED) is 0.507. The lowest BCUT2D eigenvalue weighted by atomic mass is 10.3. The Balaban J connectivity index is 2.34. The van der Waals surface area contributed by atoms with Crippen LogP contribution in [0, 0.1) is 0 Å². The fraction of sp³-hybridized carbons (Fsp3) is 0.182. The van der Waals surface area contributed by atoms with E-state index in [1.807, 2.05) is 0 Å². The van der Waals surface area contributed by atoms with Crippen molar-refractivity contribution in [3.63, 3.8) is 0 Å². The van der Waals surface area contributed by atoms with E-state index in [1.54, 1.807) is 6.92 Å². The van der Waals surface area contributed by atoms with Crippen molar-refractivity contribution < 1.29 is 22.7 Å². The molecule has 2 N–H and O–H groups in total. The smallest absolute Gasteiger partial charge is 0.379 e. The van der Waals surface area contributed by atoms with Crippen molar-refractivity contribution >= 4 is 43.3 Å². The van der Waals surface area contributed by atoms with Crippen LogP contribution in [0.5, 0.6) is 5.75 Å². The lowest BCUT2D eigenvalue weighted by Gasteiger charge is -2.01. The molecule has 2 aromatic rings. The van der Waals surface area contributed by atoms with Gasteiger partial charge >= 0.3 is 5.97 Å². The molecule has 7 nitrogen and oxygen atoms in total. The van der Waals surface area contributed by atoms with Gasteiger partial charge in [0.25, 0.3) is 10.0 Å². The van der Waals surface area contributed by atoms with Gasteiger partial charge in [0.05, 0.1) is 10.2 Å². The molecule has 0 atom stereocenters. The van der Waals surface area contributed by atoms with Crippen LogP contribution in [0.3, 0.4) is 0 Å². The Bertz CT molecular complexity index is 794. The highest BCUT2D eigenvalue weighted by molar-refractivity contribution is 7.91. The van der Waals surface area contributed by atoms with Gasteiger partial charge in [0.2, 0.25) is 10.1 Å². The van der Waals surface area contributed by atoms with E-state index in [4.69, 9.17) is 9.88 Å². The van der Waals surface area contributed by atoms with E-state index in [0.29, 0.717) is 10.2 Å². The van der Waals surface area contributed by atoms with Gasteiger partial charge in [0.1, 0.15) is 5.75 Å². The second-order valence-corrected chi connectivity index (χ2v) is 6.59. The molecule has 0 fully saturated rings. The summed E-state index contributed by atoms with van der Waals surface area (Å²) in [6.07, 6.45) is 0.0528. The molecule has 0 aliphatic heterocycles. The minimum Gasteiger partial charge on any atom is -0.421 e. The van der Waals surface area contributed by atoms with Crippen LogP contribution in [-0.4, -0.2) is 25.2 Å². The first-order valence-electron chi connectivity index (χ1n) is 5.49. The average Bonchev–Trinajstić information content (AvgIpc) is 2.80. The zero-order valence-corrected chi connectivity index (χ0v) is 12.0. The first kappa shape index (κ1) is 14.6. The van der Waals surface area contributed by atoms with E-state index in [-0.39, 0.29) is 16.5 Å². The number of nitrogens with zero attached hydrogens (tertiary/aromatic N) is 1. The van der Waals surface area contributed by atoms with Crippen molar-refractivity contribution in [1.29, 1.82) is 0 Å². The van der Waals surface area contributed by atoms with Crippen molar-refractivity contribution in [2.75, 3.05) is 0 Å². The standard InChI is InChI=1S/C11H10N2O5S2/c1-2-8(14)10(15)18-6-3-4-7-9(5-6)19-11(13-7)20(12,16)17/h3-5H,2H2,1H3,(H2,12,16,17). The summed E-state index contributed by atoms with van der Waals surface area (Å²) in [6, 6.07) is 4.35. The largest absolute Gasteiger partial charge is 0.421 e. The Hall–Kier alpha value is -1.84. The normalized spacial score (nSPS) is 11.5. The lowest BCUT2D eigenvalue weighted by molar-refractivity contribution is -0.146. The maximum Gasteiger partial charge on any atom is 0.379 e. The second-order valence-electron chi connectivity index (χ2n) is 3.82. The predicted octanol–water partition coefficient (Wildman–Crippen LogP) is 0.828. The zero-order chi connectivity index (χ0) is 14.9. The van der Waals surface area contributed by atoms with E-state index >= 15 is 0 Å². The minimum atomic E-state index is -3.87. The summed E-state index contributed by atoms with van der Waals surface area (Å²) in [5, 5.41) is 4.99. The van der Waals surface area contributed by atoms with E-state index in [0.717, 1.165) is 11.3 Å². The molecule has 0 saturated heterocycles. The Morgan fingerprint density at radius 1 is 1.40 bits per heavy atom. The number of primary sulfonamides is 1. The van der Waals surface area contributed by atoms with Crippen LogP contribution >= 0.6 is 11.3 Å². The third-order valence-electron chi connectivity index (χ3n) is 2.34. The molecule has 0 amide bonds. The van der Waals surface area contributed by atoms with Gasteiger partial charge in [0.15, 0.2) is 0 Å². The maximum atomic E-state index is 11.3. The average molecular weight is 314 g/mol. The SMILES string of the molecule is CCC(=O)C(=O)Oc1ccc2nc(S(N)(=O)=O)sc2c1. The highest BCUT2D eigenvalue weighted by Crippen LogP contribution is 2.28. The highest BCUT2D eigenvalue weighted by atomic mass is 32.2.